The molecule has 0 atom stereocenters. The minimum Gasteiger partial charge on any atom is -0.424 e. The Morgan fingerprint density at radius 3 is 2.36 bits per heavy atom. The minimum absolute atomic E-state index is 0.282. The predicted molar refractivity (Wildman–Crippen MR) is 55.9 cm³/mol. The molecular weight excluding hydrogens is 178 g/mol. The van der Waals surface area contributed by atoms with Crippen molar-refractivity contribution in [3.63, 3.8) is 0 Å². The maximum Gasteiger partial charge on any atom is 0.316 e. The highest BCUT2D eigenvalue weighted by atomic mass is 16.5. The largest absolute Gasteiger partial charge is 0.424 e. The molecule has 2 N–H and O–H groups in total. The first kappa shape index (κ1) is 10.6. The van der Waals surface area contributed by atoms with Gasteiger partial charge in [0.2, 0.25) is 0 Å². The molecule has 0 saturated carbocycles. The highest BCUT2D eigenvalue weighted by Crippen LogP contribution is 2.24. The number of para-hydroxylation sites is 2. The van der Waals surface area contributed by atoms with Gasteiger partial charge in [-0.05, 0) is 32.9 Å². The lowest BCUT2D eigenvalue weighted by atomic mass is 9.97. The van der Waals surface area contributed by atoms with Crippen molar-refractivity contribution in [2.45, 2.75) is 20.8 Å². The van der Waals surface area contributed by atoms with Crippen LogP contribution in [0.3, 0.4) is 0 Å². The van der Waals surface area contributed by atoms with Crippen LogP contribution in [0.15, 0.2) is 24.3 Å². The molecule has 1 aromatic carbocycles. The highest BCUT2D eigenvalue weighted by molar-refractivity contribution is 5.79. The molecule has 0 aliphatic heterocycles. The van der Waals surface area contributed by atoms with Crippen LogP contribution in [0.5, 0.6) is 5.75 Å². The number of benzene rings is 1. The summed E-state index contributed by atoms with van der Waals surface area (Å²) in [5, 5.41) is 0. The zero-order valence-electron chi connectivity index (χ0n) is 8.70. The van der Waals surface area contributed by atoms with Gasteiger partial charge in [-0.3, -0.25) is 4.79 Å². The van der Waals surface area contributed by atoms with Crippen molar-refractivity contribution < 1.29 is 9.53 Å². The van der Waals surface area contributed by atoms with Crippen LogP contribution >= 0.6 is 0 Å². The summed E-state index contributed by atoms with van der Waals surface area (Å²) in [5.74, 6) is 0.142. The summed E-state index contributed by atoms with van der Waals surface area (Å²) in [6.07, 6.45) is 0. The molecule has 1 rings (SSSR count). The van der Waals surface area contributed by atoms with Crippen LogP contribution in [0.25, 0.3) is 0 Å². The lowest BCUT2D eigenvalue weighted by molar-refractivity contribution is -0.142. The molecule has 0 aromatic heterocycles. The number of ether oxygens (including phenoxy) is 1. The Morgan fingerprint density at radius 1 is 1.29 bits per heavy atom. The van der Waals surface area contributed by atoms with Gasteiger partial charge < -0.3 is 10.5 Å². The van der Waals surface area contributed by atoms with Crippen molar-refractivity contribution in [3.05, 3.63) is 24.3 Å². The average Bonchev–Trinajstić information content (AvgIpc) is 2.07. The topological polar surface area (TPSA) is 52.3 Å². The van der Waals surface area contributed by atoms with Gasteiger partial charge in [-0.25, -0.2) is 0 Å². The quantitative estimate of drug-likeness (QED) is 0.422. The molecule has 0 unspecified atom stereocenters. The molecule has 0 fully saturated rings. The fourth-order valence-electron chi connectivity index (χ4n) is 0.826. The van der Waals surface area contributed by atoms with Crippen molar-refractivity contribution >= 4 is 11.7 Å². The van der Waals surface area contributed by atoms with E-state index in [9.17, 15) is 4.79 Å². The Bertz CT molecular complexity index is 339. The summed E-state index contributed by atoms with van der Waals surface area (Å²) in [5.41, 5.74) is 5.60. The third-order valence-corrected chi connectivity index (χ3v) is 1.73. The van der Waals surface area contributed by atoms with E-state index in [-0.39, 0.29) is 5.97 Å². The van der Waals surface area contributed by atoms with E-state index in [2.05, 4.69) is 0 Å². The summed E-state index contributed by atoms with van der Waals surface area (Å²) >= 11 is 0. The molecule has 0 aliphatic rings. The minimum atomic E-state index is -0.512. The number of rotatable bonds is 1. The van der Waals surface area contributed by atoms with Crippen LogP contribution in [0.1, 0.15) is 20.8 Å². The van der Waals surface area contributed by atoms with Gasteiger partial charge >= 0.3 is 5.97 Å². The zero-order valence-corrected chi connectivity index (χ0v) is 8.70. The van der Waals surface area contributed by atoms with Gasteiger partial charge in [0.1, 0.15) is 0 Å². The molecule has 3 heteroatoms. The zero-order chi connectivity index (χ0) is 10.8. The highest BCUT2D eigenvalue weighted by Gasteiger charge is 2.24. The summed E-state index contributed by atoms with van der Waals surface area (Å²) in [6, 6.07) is 6.95. The molecule has 0 saturated heterocycles. The Balaban J connectivity index is 2.80. The number of carbonyl (C=O) groups excluding carboxylic acids is 1. The first-order valence-electron chi connectivity index (χ1n) is 4.48. The summed E-state index contributed by atoms with van der Waals surface area (Å²) < 4.78 is 5.15. The SMILES string of the molecule is CC(C)(C)C(=O)Oc1ccccc1N. The van der Waals surface area contributed by atoms with E-state index < -0.39 is 5.41 Å². The number of hydrogen-bond donors (Lipinski definition) is 1. The Kier molecular flexibility index (Phi) is 2.79. The molecule has 1 aromatic rings. The van der Waals surface area contributed by atoms with Crippen molar-refractivity contribution in [2.24, 2.45) is 5.41 Å². The Labute approximate surface area is 83.9 Å². The molecular formula is C11H15NO2. The van der Waals surface area contributed by atoms with Crippen molar-refractivity contribution in [2.75, 3.05) is 5.73 Å². The van der Waals surface area contributed by atoms with Crippen LogP contribution in [-0.4, -0.2) is 5.97 Å². The van der Waals surface area contributed by atoms with Gasteiger partial charge in [-0.1, -0.05) is 12.1 Å². The number of nitrogen functional groups attached to an aromatic ring is 1. The second-order valence-electron chi connectivity index (χ2n) is 4.18. The van der Waals surface area contributed by atoms with E-state index in [0.29, 0.717) is 11.4 Å². The van der Waals surface area contributed by atoms with E-state index in [0.717, 1.165) is 0 Å². The van der Waals surface area contributed by atoms with Gasteiger partial charge in [-0.2, -0.15) is 0 Å². The number of carbonyl (C=O) groups is 1. The number of nitrogens with two attached hydrogens (primary N) is 1. The molecule has 0 amide bonds. The fourth-order valence-corrected chi connectivity index (χ4v) is 0.826. The van der Waals surface area contributed by atoms with Gasteiger partial charge in [-0.15, -0.1) is 0 Å². The fraction of sp³-hybridized carbons (Fsp3) is 0.364. The first-order valence-corrected chi connectivity index (χ1v) is 4.48. The molecule has 14 heavy (non-hydrogen) atoms. The third-order valence-electron chi connectivity index (χ3n) is 1.73. The molecule has 76 valence electrons. The lowest BCUT2D eigenvalue weighted by Crippen LogP contribution is -2.25. The number of anilines is 1. The van der Waals surface area contributed by atoms with E-state index in [1.807, 2.05) is 0 Å². The Hall–Kier alpha value is -1.51. The lowest BCUT2D eigenvalue weighted by Gasteiger charge is -2.16. The summed E-state index contributed by atoms with van der Waals surface area (Å²) in [6.45, 7) is 5.40. The molecule has 0 bridgehead atoms. The van der Waals surface area contributed by atoms with E-state index in [1.165, 1.54) is 0 Å². The molecule has 0 spiro atoms. The van der Waals surface area contributed by atoms with E-state index >= 15 is 0 Å². The average molecular weight is 193 g/mol. The Morgan fingerprint density at radius 2 is 1.86 bits per heavy atom. The monoisotopic (exact) mass is 193 g/mol. The number of esters is 1. The molecule has 3 nitrogen and oxygen atoms in total. The maximum absolute atomic E-state index is 11.5. The van der Waals surface area contributed by atoms with Crippen LogP contribution in [0.2, 0.25) is 0 Å². The van der Waals surface area contributed by atoms with Crippen molar-refractivity contribution in [3.8, 4) is 5.75 Å². The smallest absolute Gasteiger partial charge is 0.316 e. The van der Waals surface area contributed by atoms with Gasteiger partial charge in [0.15, 0.2) is 5.75 Å². The van der Waals surface area contributed by atoms with Crippen LogP contribution in [0, 0.1) is 5.41 Å². The van der Waals surface area contributed by atoms with Gasteiger partial charge in [0.05, 0.1) is 11.1 Å². The van der Waals surface area contributed by atoms with Crippen LogP contribution in [-0.2, 0) is 4.79 Å². The molecule has 0 radical (unpaired) electrons. The normalized spacial score (nSPS) is 11.1. The van der Waals surface area contributed by atoms with E-state index in [4.69, 9.17) is 10.5 Å². The maximum atomic E-state index is 11.5. The van der Waals surface area contributed by atoms with Crippen LogP contribution < -0.4 is 10.5 Å². The van der Waals surface area contributed by atoms with Crippen molar-refractivity contribution in [1.29, 1.82) is 0 Å². The molecule has 0 heterocycles. The third kappa shape index (κ3) is 2.49. The second-order valence-corrected chi connectivity index (χ2v) is 4.18. The standard InChI is InChI=1S/C11H15NO2/c1-11(2,3)10(13)14-9-7-5-4-6-8(9)12/h4-7H,12H2,1-3H3. The summed E-state index contributed by atoms with van der Waals surface area (Å²) in [4.78, 5) is 11.5. The van der Waals surface area contributed by atoms with Gasteiger partial charge in [0, 0.05) is 0 Å². The van der Waals surface area contributed by atoms with Crippen LogP contribution in [0.4, 0.5) is 5.69 Å². The van der Waals surface area contributed by atoms with E-state index in [1.54, 1.807) is 45.0 Å². The summed E-state index contributed by atoms with van der Waals surface area (Å²) in [7, 11) is 0. The number of hydrogen-bond acceptors (Lipinski definition) is 3. The first-order chi connectivity index (χ1) is 6.41. The second kappa shape index (κ2) is 3.70. The predicted octanol–water partition coefficient (Wildman–Crippen LogP) is 2.22. The van der Waals surface area contributed by atoms with Crippen molar-refractivity contribution in [1.82, 2.24) is 0 Å². The van der Waals surface area contributed by atoms with Gasteiger partial charge in [0.25, 0.3) is 0 Å². The molecule has 0 aliphatic carbocycles.